The second kappa shape index (κ2) is 7.40. The Hall–Kier alpha value is -2.49. The average Bonchev–Trinajstić information content (AvgIpc) is 2.64. The molecule has 2 atom stereocenters. The van der Waals surface area contributed by atoms with E-state index in [1.54, 1.807) is 49.7 Å². The first kappa shape index (κ1) is 18.3. The zero-order valence-electron chi connectivity index (χ0n) is 14.4. The van der Waals surface area contributed by atoms with Crippen molar-refractivity contribution in [3.8, 4) is 5.75 Å². The van der Waals surface area contributed by atoms with Gasteiger partial charge in [0.15, 0.2) is 0 Å². The molecule has 0 bridgehead atoms. The van der Waals surface area contributed by atoms with Crippen molar-refractivity contribution in [2.75, 3.05) is 19.5 Å². The number of aromatic nitrogens is 1. The molecule has 1 aromatic carbocycles. The van der Waals surface area contributed by atoms with Crippen LogP contribution in [0.2, 0.25) is 0 Å². The van der Waals surface area contributed by atoms with Crippen LogP contribution in [-0.4, -0.2) is 43.8 Å². The minimum atomic E-state index is -3.79. The molecule has 0 saturated carbocycles. The van der Waals surface area contributed by atoms with Crippen LogP contribution in [0.1, 0.15) is 18.0 Å². The Labute approximate surface area is 152 Å². The number of pyridine rings is 1. The monoisotopic (exact) mass is 376 g/mol. The van der Waals surface area contributed by atoms with Gasteiger partial charge in [0.1, 0.15) is 11.8 Å². The van der Waals surface area contributed by atoms with Crippen LogP contribution in [-0.2, 0) is 15.0 Å². The summed E-state index contributed by atoms with van der Waals surface area (Å²) >= 11 is 0. The fraction of sp³-hybridized carbons (Fsp3) is 0.294. The Morgan fingerprint density at radius 3 is 2.65 bits per heavy atom. The van der Waals surface area contributed by atoms with E-state index in [2.05, 4.69) is 15.0 Å². The molecular weight excluding hydrogens is 356 g/mol. The van der Waals surface area contributed by atoms with Gasteiger partial charge in [0.2, 0.25) is 5.91 Å². The van der Waals surface area contributed by atoms with Crippen molar-refractivity contribution >= 4 is 21.8 Å². The highest BCUT2D eigenvalue weighted by molar-refractivity contribution is 7.87. The minimum absolute atomic E-state index is 0.300. The first-order chi connectivity index (χ1) is 12.4. The molecule has 0 radical (unpaired) electrons. The van der Waals surface area contributed by atoms with E-state index < -0.39 is 28.2 Å². The molecule has 0 unspecified atom stereocenters. The number of anilines is 1. The molecule has 2 N–H and O–H groups in total. The van der Waals surface area contributed by atoms with E-state index in [0.29, 0.717) is 17.9 Å². The van der Waals surface area contributed by atoms with E-state index in [1.807, 2.05) is 0 Å². The number of rotatable bonds is 4. The normalized spacial score (nSPS) is 22.5. The number of hydrogen-bond donors (Lipinski definition) is 2. The van der Waals surface area contributed by atoms with E-state index in [0.717, 1.165) is 9.87 Å². The van der Waals surface area contributed by atoms with Crippen molar-refractivity contribution in [2.45, 2.75) is 18.5 Å². The van der Waals surface area contributed by atoms with Gasteiger partial charge in [-0.25, -0.2) is 0 Å². The number of nitrogens with zero attached hydrogens (tertiary/aromatic N) is 2. The molecule has 9 heteroatoms. The topological polar surface area (TPSA) is 101 Å². The van der Waals surface area contributed by atoms with Gasteiger partial charge in [-0.3, -0.25) is 9.78 Å². The Balaban J connectivity index is 1.83. The average molecular weight is 376 g/mol. The summed E-state index contributed by atoms with van der Waals surface area (Å²) in [6, 6.07) is 9.13. The van der Waals surface area contributed by atoms with Crippen LogP contribution in [0, 0.1) is 0 Å². The van der Waals surface area contributed by atoms with Gasteiger partial charge in [-0.2, -0.15) is 17.4 Å². The van der Waals surface area contributed by atoms with Crippen molar-refractivity contribution in [2.24, 2.45) is 0 Å². The summed E-state index contributed by atoms with van der Waals surface area (Å²) in [5, 5.41) is 2.71. The van der Waals surface area contributed by atoms with Crippen LogP contribution in [0.3, 0.4) is 0 Å². The summed E-state index contributed by atoms with van der Waals surface area (Å²) in [6.07, 6.45) is 3.40. The third-order valence-electron chi connectivity index (χ3n) is 4.32. The maximum absolute atomic E-state index is 12.7. The summed E-state index contributed by atoms with van der Waals surface area (Å²) in [5.74, 6) is 0.277. The highest BCUT2D eigenvalue weighted by atomic mass is 32.2. The molecule has 3 rings (SSSR count). The third kappa shape index (κ3) is 3.85. The number of hydrogen-bond acceptors (Lipinski definition) is 5. The third-order valence-corrected chi connectivity index (χ3v) is 5.91. The molecule has 2 heterocycles. The number of ether oxygens (including phenoxy) is 1. The van der Waals surface area contributed by atoms with Crippen LogP contribution in [0.15, 0.2) is 48.8 Å². The summed E-state index contributed by atoms with van der Waals surface area (Å²) < 4.78 is 33.7. The fourth-order valence-corrected chi connectivity index (χ4v) is 4.10. The van der Waals surface area contributed by atoms with Crippen LogP contribution < -0.4 is 14.8 Å². The maximum atomic E-state index is 12.7. The van der Waals surface area contributed by atoms with Crippen molar-refractivity contribution in [1.82, 2.24) is 14.0 Å². The SMILES string of the molecule is COc1ccc([C@@H]2C[C@H](C(=O)Nc3cccnc3)N(C)S(=O)(=O)N2)cc1. The second-order valence-corrected chi connectivity index (χ2v) is 7.71. The standard InChI is InChI=1S/C17H20N4O4S/c1-21-16(17(22)19-13-4-3-9-18-11-13)10-15(20-26(21,23)24)12-5-7-14(25-2)8-6-12/h3-9,11,15-16,20H,10H2,1-2H3,(H,19,22)/t15-,16+/m0/s1. The zero-order valence-corrected chi connectivity index (χ0v) is 15.2. The van der Waals surface area contributed by atoms with Gasteiger partial charge in [-0.05, 0) is 36.2 Å². The summed E-state index contributed by atoms with van der Waals surface area (Å²) in [5.41, 5.74) is 1.28. The summed E-state index contributed by atoms with van der Waals surface area (Å²) in [4.78, 5) is 16.6. The van der Waals surface area contributed by atoms with Gasteiger partial charge >= 0.3 is 0 Å². The lowest BCUT2D eigenvalue weighted by Gasteiger charge is -2.36. The smallest absolute Gasteiger partial charge is 0.280 e. The molecule has 2 aromatic rings. The van der Waals surface area contributed by atoms with Gasteiger partial charge in [0, 0.05) is 19.3 Å². The second-order valence-electron chi connectivity index (χ2n) is 5.95. The Bertz CT molecular complexity index is 871. The highest BCUT2D eigenvalue weighted by Gasteiger charge is 2.40. The number of nitrogens with one attached hydrogen (secondary N) is 2. The zero-order chi connectivity index (χ0) is 18.7. The quantitative estimate of drug-likeness (QED) is 0.838. The van der Waals surface area contributed by atoms with Crippen LogP contribution in [0.5, 0.6) is 5.75 Å². The van der Waals surface area contributed by atoms with Crippen LogP contribution >= 0.6 is 0 Å². The van der Waals surface area contributed by atoms with E-state index in [4.69, 9.17) is 4.74 Å². The molecule has 1 aliphatic rings. The molecule has 1 aliphatic heterocycles. The van der Waals surface area contributed by atoms with Crippen LogP contribution in [0.25, 0.3) is 0 Å². The number of amides is 1. The number of likely N-dealkylation sites (N-methyl/N-ethyl adjacent to an activating group) is 1. The Morgan fingerprint density at radius 2 is 2.04 bits per heavy atom. The van der Waals surface area contributed by atoms with Crippen molar-refractivity contribution in [3.05, 3.63) is 54.4 Å². The molecule has 1 saturated heterocycles. The first-order valence-corrected chi connectivity index (χ1v) is 9.45. The lowest BCUT2D eigenvalue weighted by atomic mass is 9.99. The summed E-state index contributed by atoms with van der Waals surface area (Å²) in [7, 11) is -0.835. The largest absolute Gasteiger partial charge is 0.497 e. The van der Waals surface area contributed by atoms with E-state index in [-0.39, 0.29) is 0 Å². The van der Waals surface area contributed by atoms with Gasteiger partial charge in [0.05, 0.1) is 19.0 Å². The van der Waals surface area contributed by atoms with Crippen LogP contribution in [0.4, 0.5) is 5.69 Å². The summed E-state index contributed by atoms with van der Waals surface area (Å²) in [6.45, 7) is 0. The number of benzene rings is 1. The van der Waals surface area contributed by atoms with E-state index >= 15 is 0 Å². The van der Waals surface area contributed by atoms with E-state index in [1.165, 1.54) is 13.2 Å². The van der Waals surface area contributed by atoms with E-state index in [9.17, 15) is 13.2 Å². The molecule has 0 aliphatic carbocycles. The van der Waals surface area contributed by atoms with Crippen molar-refractivity contribution in [3.63, 3.8) is 0 Å². The number of carbonyl (C=O) groups is 1. The molecule has 26 heavy (non-hydrogen) atoms. The fourth-order valence-electron chi connectivity index (χ4n) is 2.83. The molecular formula is C17H20N4O4S. The number of methoxy groups -OCH3 is 1. The maximum Gasteiger partial charge on any atom is 0.280 e. The molecule has 0 spiro atoms. The highest BCUT2D eigenvalue weighted by Crippen LogP contribution is 2.29. The predicted octanol–water partition coefficient (Wildman–Crippen LogP) is 1.31. The lowest BCUT2D eigenvalue weighted by molar-refractivity contribution is -0.120. The van der Waals surface area contributed by atoms with Gasteiger partial charge in [0.25, 0.3) is 10.2 Å². The molecule has 1 amide bonds. The molecule has 1 aromatic heterocycles. The van der Waals surface area contributed by atoms with Gasteiger partial charge < -0.3 is 10.1 Å². The predicted molar refractivity (Wildman–Crippen MR) is 96.8 cm³/mol. The lowest BCUT2D eigenvalue weighted by Crippen LogP contribution is -2.55. The first-order valence-electron chi connectivity index (χ1n) is 8.01. The van der Waals surface area contributed by atoms with Crippen molar-refractivity contribution in [1.29, 1.82) is 0 Å². The minimum Gasteiger partial charge on any atom is -0.497 e. The molecule has 8 nitrogen and oxygen atoms in total. The van der Waals surface area contributed by atoms with Gasteiger partial charge in [-0.15, -0.1) is 0 Å². The Kier molecular flexibility index (Phi) is 5.21. The molecule has 1 fully saturated rings. The van der Waals surface area contributed by atoms with Crippen molar-refractivity contribution < 1.29 is 17.9 Å². The molecule has 138 valence electrons. The van der Waals surface area contributed by atoms with Gasteiger partial charge in [-0.1, -0.05) is 12.1 Å². The Morgan fingerprint density at radius 1 is 1.31 bits per heavy atom. The number of carbonyl (C=O) groups excluding carboxylic acids is 1.